The molecule has 1 fully saturated rings. The van der Waals surface area contributed by atoms with Crippen LogP contribution in [0.2, 0.25) is 0 Å². The van der Waals surface area contributed by atoms with Crippen molar-refractivity contribution in [2.24, 2.45) is 0 Å². The van der Waals surface area contributed by atoms with Gasteiger partial charge in [-0.3, -0.25) is 10.2 Å². The summed E-state index contributed by atoms with van der Waals surface area (Å²) in [5.74, 6) is 0. The lowest BCUT2D eigenvalue weighted by Gasteiger charge is -2.24. The third-order valence-corrected chi connectivity index (χ3v) is 6.90. The molecule has 1 aliphatic rings. The van der Waals surface area contributed by atoms with Crippen LogP contribution in [-0.4, -0.2) is 73.0 Å². The SMILES string of the molecule is CCCCN(CC)CCCN(C)C1[NH2+]C(N(C)C)SS1.[Br-]. The van der Waals surface area contributed by atoms with Gasteiger partial charge in [-0.15, -0.1) is 0 Å². The third kappa shape index (κ3) is 8.44. The van der Waals surface area contributed by atoms with E-state index in [4.69, 9.17) is 0 Å². The molecule has 0 bridgehead atoms. The molecule has 0 aliphatic carbocycles. The second-order valence-electron chi connectivity index (χ2n) is 5.75. The summed E-state index contributed by atoms with van der Waals surface area (Å²) in [6.07, 6.45) is 3.90. The highest BCUT2D eigenvalue weighted by Gasteiger charge is 2.33. The van der Waals surface area contributed by atoms with Crippen molar-refractivity contribution in [1.82, 2.24) is 14.7 Å². The molecule has 0 spiro atoms. The Hall–Kier alpha value is 1.02. The smallest absolute Gasteiger partial charge is 0.202 e. The number of quaternary nitrogens is 1. The van der Waals surface area contributed by atoms with Gasteiger partial charge in [-0.25, -0.2) is 4.90 Å². The minimum atomic E-state index is 0. The molecule has 0 aromatic heterocycles. The van der Waals surface area contributed by atoms with Crippen molar-refractivity contribution in [3.8, 4) is 0 Å². The number of hydrogen-bond acceptors (Lipinski definition) is 5. The van der Waals surface area contributed by atoms with Gasteiger partial charge in [0.05, 0.1) is 0 Å². The molecular weight excluding hydrogens is 368 g/mol. The summed E-state index contributed by atoms with van der Waals surface area (Å²) < 4.78 is 0. The molecule has 0 aromatic carbocycles. The van der Waals surface area contributed by atoms with Crippen molar-refractivity contribution in [3.05, 3.63) is 0 Å². The lowest BCUT2D eigenvalue weighted by molar-refractivity contribution is -0.708. The first-order valence-electron chi connectivity index (χ1n) is 7.84. The predicted octanol–water partition coefficient (Wildman–Crippen LogP) is -1.48. The van der Waals surface area contributed by atoms with Gasteiger partial charge >= 0.3 is 0 Å². The first-order chi connectivity index (χ1) is 9.58. The molecule has 0 saturated carbocycles. The third-order valence-electron chi connectivity index (χ3n) is 3.79. The zero-order valence-electron chi connectivity index (χ0n) is 14.2. The van der Waals surface area contributed by atoms with E-state index in [1.54, 1.807) is 0 Å². The second kappa shape index (κ2) is 12.4. The van der Waals surface area contributed by atoms with Crippen molar-refractivity contribution in [2.45, 2.75) is 44.1 Å². The van der Waals surface area contributed by atoms with E-state index in [9.17, 15) is 0 Å². The van der Waals surface area contributed by atoms with Crippen LogP contribution in [0.15, 0.2) is 0 Å². The highest BCUT2D eigenvalue weighted by Crippen LogP contribution is 2.32. The number of nitrogens with zero attached hydrogens (tertiary/aromatic N) is 3. The Kier molecular flexibility index (Phi) is 13.0. The molecule has 1 aliphatic heterocycles. The number of hydrogen-bond donors (Lipinski definition) is 1. The van der Waals surface area contributed by atoms with Crippen LogP contribution < -0.4 is 22.3 Å². The molecule has 7 heteroatoms. The van der Waals surface area contributed by atoms with E-state index in [1.165, 1.54) is 45.4 Å². The summed E-state index contributed by atoms with van der Waals surface area (Å²) in [4.78, 5) is 7.37. The van der Waals surface area contributed by atoms with Crippen LogP contribution in [0.5, 0.6) is 0 Å². The minimum Gasteiger partial charge on any atom is -1.00 e. The Balaban J connectivity index is 0.00000400. The number of unbranched alkanes of at least 4 members (excludes halogenated alkanes) is 1. The average molecular weight is 401 g/mol. The van der Waals surface area contributed by atoms with E-state index in [0.717, 1.165) is 0 Å². The van der Waals surface area contributed by atoms with Crippen LogP contribution in [0.4, 0.5) is 0 Å². The predicted molar refractivity (Wildman–Crippen MR) is 92.6 cm³/mol. The van der Waals surface area contributed by atoms with Gasteiger partial charge in [0, 0.05) is 6.54 Å². The minimum absolute atomic E-state index is 0. The van der Waals surface area contributed by atoms with E-state index >= 15 is 0 Å². The molecule has 128 valence electrons. The Labute approximate surface area is 149 Å². The van der Waals surface area contributed by atoms with E-state index in [1.807, 2.05) is 21.6 Å². The van der Waals surface area contributed by atoms with Crippen LogP contribution >= 0.6 is 21.6 Å². The van der Waals surface area contributed by atoms with Gasteiger partial charge < -0.3 is 21.9 Å². The maximum atomic E-state index is 2.58. The van der Waals surface area contributed by atoms with Crippen LogP contribution in [0.3, 0.4) is 0 Å². The first kappa shape index (κ1) is 22.0. The van der Waals surface area contributed by atoms with Crippen molar-refractivity contribution in [3.63, 3.8) is 0 Å². The fourth-order valence-corrected chi connectivity index (χ4v) is 5.48. The molecule has 21 heavy (non-hydrogen) atoms. The Morgan fingerprint density at radius 2 is 1.52 bits per heavy atom. The Bertz CT molecular complexity index is 259. The topological polar surface area (TPSA) is 26.3 Å². The summed E-state index contributed by atoms with van der Waals surface area (Å²) in [5, 5.41) is 2.46. The number of nitrogens with two attached hydrogens (primary N) is 1. The largest absolute Gasteiger partial charge is 1.00 e. The van der Waals surface area contributed by atoms with Crippen molar-refractivity contribution >= 4 is 21.6 Å². The number of rotatable bonds is 10. The van der Waals surface area contributed by atoms with Gasteiger partial charge in [0.2, 0.25) is 11.0 Å². The summed E-state index contributed by atoms with van der Waals surface area (Å²) >= 11 is 0. The summed E-state index contributed by atoms with van der Waals surface area (Å²) in [7, 11) is 10.5. The van der Waals surface area contributed by atoms with Gasteiger partial charge in [0.1, 0.15) is 0 Å². The van der Waals surface area contributed by atoms with Crippen LogP contribution in [-0.2, 0) is 0 Å². The molecule has 1 rings (SSSR count). The molecule has 0 radical (unpaired) electrons. The van der Waals surface area contributed by atoms with E-state index in [2.05, 4.69) is 55.0 Å². The second-order valence-corrected chi connectivity index (χ2v) is 8.26. The quantitative estimate of drug-likeness (QED) is 0.451. The van der Waals surface area contributed by atoms with Gasteiger partial charge in [-0.1, -0.05) is 20.3 Å². The van der Waals surface area contributed by atoms with Crippen LogP contribution in [0.25, 0.3) is 0 Å². The summed E-state index contributed by atoms with van der Waals surface area (Å²) in [6, 6.07) is 0. The Morgan fingerprint density at radius 1 is 0.905 bits per heavy atom. The maximum Gasteiger partial charge on any atom is 0.202 e. The van der Waals surface area contributed by atoms with E-state index in [-0.39, 0.29) is 17.0 Å². The maximum absolute atomic E-state index is 2.58. The van der Waals surface area contributed by atoms with Crippen LogP contribution in [0, 0.1) is 0 Å². The summed E-state index contributed by atoms with van der Waals surface area (Å²) in [5.41, 5.74) is 1.13. The first-order valence-corrected chi connectivity index (χ1v) is 10.1. The van der Waals surface area contributed by atoms with Crippen LogP contribution in [0.1, 0.15) is 33.1 Å². The molecule has 1 saturated heterocycles. The lowest BCUT2D eigenvalue weighted by atomic mass is 10.3. The lowest BCUT2D eigenvalue weighted by Crippen LogP contribution is -3.00. The van der Waals surface area contributed by atoms with Crippen molar-refractivity contribution in [2.75, 3.05) is 47.3 Å². The summed E-state index contributed by atoms with van der Waals surface area (Å²) in [6.45, 7) is 9.43. The highest BCUT2D eigenvalue weighted by molar-refractivity contribution is 8.77. The molecule has 2 unspecified atom stereocenters. The molecule has 0 amide bonds. The molecule has 1 heterocycles. The van der Waals surface area contributed by atoms with Gasteiger partial charge in [-0.2, -0.15) is 0 Å². The average Bonchev–Trinajstić information content (AvgIpc) is 2.92. The number of halogens is 1. The molecule has 2 N–H and O–H groups in total. The molecular formula is C14H33BrN4S2. The van der Waals surface area contributed by atoms with Gasteiger partial charge in [0.25, 0.3) is 0 Å². The fraction of sp³-hybridized carbons (Fsp3) is 1.00. The fourth-order valence-electron chi connectivity index (χ4n) is 2.28. The molecule has 0 aromatic rings. The molecule has 4 nitrogen and oxygen atoms in total. The zero-order valence-corrected chi connectivity index (χ0v) is 17.4. The highest BCUT2D eigenvalue weighted by atomic mass is 79.9. The van der Waals surface area contributed by atoms with E-state index < -0.39 is 0 Å². The van der Waals surface area contributed by atoms with Gasteiger partial charge in [0.15, 0.2) is 0 Å². The zero-order chi connectivity index (χ0) is 15.0. The molecule has 2 atom stereocenters. The van der Waals surface area contributed by atoms with E-state index in [0.29, 0.717) is 11.0 Å². The Morgan fingerprint density at radius 3 is 2.05 bits per heavy atom. The normalized spacial score (nSPS) is 22.3. The standard InChI is InChI=1S/C14H32N4S2.BrH/c1-6-8-11-18(7-2)12-9-10-17(5)14-15-13(16(3)4)19-20-14;/h13-15H,6-12H2,1-5H3;1H. The van der Waals surface area contributed by atoms with Crippen molar-refractivity contribution < 1.29 is 22.3 Å². The van der Waals surface area contributed by atoms with Crippen molar-refractivity contribution in [1.29, 1.82) is 0 Å². The monoisotopic (exact) mass is 400 g/mol. The van der Waals surface area contributed by atoms with Gasteiger partial charge in [-0.05, 0) is 75.2 Å².